The SMILES string of the molecule is COC(=O)C(C)CC(O)c1cc(OC)ccc1OC. The van der Waals surface area contributed by atoms with Crippen LogP contribution in [0.5, 0.6) is 11.5 Å². The van der Waals surface area contributed by atoms with E-state index in [0.717, 1.165) is 0 Å². The fourth-order valence-electron chi connectivity index (χ4n) is 1.86. The first-order valence-corrected chi connectivity index (χ1v) is 6.01. The summed E-state index contributed by atoms with van der Waals surface area (Å²) < 4.78 is 15.0. The number of ether oxygens (including phenoxy) is 3. The van der Waals surface area contributed by atoms with Crippen LogP contribution in [0.2, 0.25) is 0 Å². The van der Waals surface area contributed by atoms with E-state index in [0.29, 0.717) is 17.1 Å². The van der Waals surface area contributed by atoms with Crippen LogP contribution in [0.3, 0.4) is 0 Å². The van der Waals surface area contributed by atoms with Crippen molar-refractivity contribution in [3.05, 3.63) is 23.8 Å². The molecule has 0 aliphatic heterocycles. The van der Waals surface area contributed by atoms with E-state index in [4.69, 9.17) is 9.47 Å². The molecule has 0 aliphatic carbocycles. The highest BCUT2D eigenvalue weighted by atomic mass is 16.5. The maximum Gasteiger partial charge on any atom is 0.308 e. The van der Waals surface area contributed by atoms with Crippen LogP contribution in [0.15, 0.2) is 18.2 Å². The summed E-state index contributed by atoms with van der Waals surface area (Å²) in [5.74, 6) is 0.447. The quantitative estimate of drug-likeness (QED) is 0.799. The van der Waals surface area contributed by atoms with Gasteiger partial charge >= 0.3 is 5.97 Å². The molecule has 1 aromatic carbocycles. The molecule has 1 N–H and O–H groups in total. The fourth-order valence-corrected chi connectivity index (χ4v) is 1.86. The topological polar surface area (TPSA) is 65.0 Å². The molecule has 2 unspecified atom stereocenters. The van der Waals surface area contributed by atoms with E-state index < -0.39 is 12.0 Å². The van der Waals surface area contributed by atoms with Crippen molar-refractivity contribution in [2.75, 3.05) is 21.3 Å². The number of aliphatic hydroxyl groups excluding tert-OH is 1. The van der Waals surface area contributed by atoms with Gasteiger partial charge in [-0.3, -0.25) is 4.79 Å². The molecule has 0 fully saturated rings. The minimum atomic E-state index is -0.820. The highest BCUT2D eigenvalue weighted by Gasteiger charge is 2.21. The van der Waals surface area contributed by atoms with E-state index in [-0.39, 0.29) is 12.4 Å². The Morgan fingerprint density at radius 2 is 1.95 bits per heavy atom. The number of methoxy groups -OCH3 is 3. The van der Waals surface area contributed by atoms with Crippen molar-refractivity contribution in [3.63, 3.8) is 0 Å². The van der Waals surface area contributed by atoms with Gasteiger partial charge in [0.1, 0.15) is 11.5 Å². The first-order valence-electron chi connectivity index (χ1n) is 6.01. The molecule has 106 valence electrons. The molecule has 5 heteroatoms. The van der Waals surface area contributed by atoms with E-state index in [2.05, 4.69) is 4.74 Å². The largest absolute Gasteiger partial charge is 0.497 e. The minimum absolute atomic E-state index is 0.260. The molecule has 0 saturated heterocycles. The Morgan fingerprint density at radius 3 is 2.47 bits per heavy atom. The molecule has 0 spiro atoms. The fraction of sp³-hybridized carbons (Fsp3) is 0.500. The molecule has 0 amide bonds. The van der Waals surface area contributed by atoms with Crippen molar-refractivity contribution in [3.8, 4) is 11.5 Å². The molecule has 19 heavy (non-hydrogen) atoms. The molecule has 0 heterocycles. The molecule has 5 nitrogen and oxygen atoms in total. The predicted octanol–water partition coefficient (Wildman–Crippen LogP) is 1.94. The van der Waals surface area contributed by atoms with Crippen LogP contribution in [0.1, 0.15) is 25.0 Å². The Morgan fingerprint density at radius 1 is 1.26 bits per heavy atom. The number of hydrogen-bond donors (Lipinski definition) is 1. The number of aliphatic hydroxyl groups is 1. The molecule has 0 bridgehead atoms. The first kappa shape index (κ1) is 15.3. The van der Waals surface area contributed by atoms with Crippen molar-refractivity contribution in [1.82, 2.24) is 0 Å². The Kier molecular flexibility index (Phi) is 5.63. The molecule has 0 radical (unpaired) electrons. The Bertz CT molecular complexity index is 430. The van der Waals surface area contributed by atoms with Gasteiger partial charge in [0.2, 0.25) is 0 Å². The van der Waals surface area contributed by atoms with Crippen molar-refractivity contribution in [1.29, 1.82) is 0 Å². The third-order valence-corrected chi connectivity index (χ3v) is 2.98. The van der Waals surface area contributed by atoms with E-state index in [1.54, 1.807) is 32.2 Å². The zero-order valence-electron chi connectivity index (χ0n) is 11.7. The van der Waals surface area contributed by atoms with Gasteiger partial charge in [-0.15, -0.1) is 0 Å². The zero-order valence-corrected chi connectivity index (χ0v) is 11.7. The summed E-state index contributed by atoms with van der Waals surface area (Å²) in [5.41, 5.74) is 0.595. The van der Waals surface area contributed by atoms with Gasteiger partial charge in [0.15, 0.2) is 0 Å². The highest BCUT2D eigenvalue weighted by molar-refractivity contribution is 5.71. The van der Waals surface area contributed by atoms with Crippen molar-refractivity contribution in [2.45, 2.75) is 19.4 Å². The summed E-state index contributed by atoms with van der Waals surface area (Å²) >= 11 is 0. The van der Waals surface area contributed by atoms with Crippen LogP contribution >= 0.6 is 0 Å². The Balaban J connectivity index is 2.91. The maximum atomic E-state index is 11.4. The second-order valence-electron chi connectivity index (χ2n) is 4.28. The van der Waals surface area contributed by atoms with Gasteiger partial charge in [-0.1, -0.05) is 6.92 Å². The Labute approximate surface area is 113 Å². The lowest BCUT2D eigenvalue weighted by Gasteiger charge is -2.18. The zero-order chi connectivity index (χ0) is 14.4. The molecule has 0 aromatic heterocycles. The molecule has 0 saturated carbocycles. The maximum absolute atomic E-state index is 11.4. The third-order valence-electron chi connectivity index (χ3n) is 2.98. The van der Waals surface area contributed by atoms with Crippen molar-refractivity contribution >= 4 is 5.97 Å². The minimum Gasteiger partial charge on any atom is -0.497 e. The number of carbonyl (C=O) groups is 1. The number of hydrogen-bond acceptors (Lipinski definition) is 5. The second kappa shape index (κ2) is 6.99. The normalized spacial score (nSPS) is 13.5. The number of carbonyl (C=O) groups excluding carboxylic acids is 1. The molecule has 1 aromatic rings. The lowest BCUT2D eigenvalue weighted by molar-refractivity contribution is -0.145. The third kappa shape index (κ3) is 3.86. The average molecular weight is 268 g/mol. The lowest BCUT2D eigenvalue weighted by Crippen LogP contribution is -2.16. The standard InChI is InChI=1S/C14H20O5/c1-9(14(16)19-4)7-12(15)11-8-10(17-2)5-6-13(11)18-3/h5-6,8-9,12,15H,7H2,1-4H3. The first-order chi connectivity index (χ1) is 9.03. The van der Waals surface area contributed by atoms with Crippen LogP contribution in [-0.4, -0.2) is 32.4 Å². The van der Waals surface area contributed by atoms with Gasteiger partial charge in [0.05, 0.1) is 33.4 Å². The molecular formula is C14H20O5. The summed E-state index contributed by atoms with van der Waals surface area (Å²) in [6.07, 6.45) is -0.560. The van der Waals surface area contributed by atoms with Gasteiger partial charge in [-0.25, -0.2) is 0 Å². The van der Waals surface area contributed by atoms with Crippen LogP contribution in [0.4, 0.5) is 0 Å². The summed E-state index contributed by atoms with van der Waals surface area (Å²) in [5, 5.41) is 10.2. The van der Waals surface area contributed by atoms with E-state index in [1.807, 2.05) is 0 Å². The number of benzene rings is 1. The monoisotopic (exact) mass is 268 g/mol. The summed E-state index contributed by atoms with van der Waals surface area (Å²) in [4.78, 5) is 11.4. The summed E-state index contributed by atoms with van der Waals surface area (Å²) in [6.45, 7) is 1.71. The smallest absolute Gasteiger partial charge is 0.308 e. The Hall–Kier alpha value is -1.75. The highest BCUT2D eigenvalue weighted by Crippen LogP contribution is 2.32. The average Bonchev–Trinajstić information content (AvgIpc) is 2.45. The van der Waals surface area contributed by atoms with Crippen molar-refractivity contribution in [2.24, 2.45) is 5.92 Å². The second-order valence-corrected chi connectivity index (χ2v) is 4.28. The molecule has 0 aliphatic rings. The molecule has 2 atom stereocenters. The molecule has 1 rings (SSSR count). The van der Waals surface area contributed by atoms with Crippen LogP contribution in [0, 0.1) is 5.92 Å². The van der Waals surface area contributed by atoms with Crippen molar-refractivity contribution < 1.29 is 24.1 Å². The van der Waals surface area contributed by atoms with Gasteiger partial charge < -0.3 is 19.3 Å². The summed E-state index contributed by atoms with van der Waals surface area (Å²) in [7, 11) is 4.41. The van der Waals surface area contributed by atoms with E-state index in [9.17, 15) is 9.90 Å². The molecular weight excluding hydrogens is 248 g/mol. The van der Waals surface area contributed by atoms with Crippen LogP contribution in [-0.2, 0) is 9.53 Å². The number of rotatable bonds is 6. The van der Waals surface area contributed by atoms with Gasteiger partial charge in [-0.2, -0.15) is 0 Å². The van der Waals surface area contributed by atoms with Gasteiger partial charge in [-0.05, 0) is 24.6 Å². The van der Waals surface area contributed by atoms with Crippen LogP contribution < -0.4 is 9.47 Å². The predicted molar refractivity (Wildman–Crippen MR) is 70.3 cm³/mol. The van der Waals surface area contributed by atoms with Gasteiger partial charge in [0.25, 0.3) is 0 Å². The van der Waals surface area contributed by atoms with Crippen LogP contribution in [0.25, 0.3) is 0 Å². The lowest BCUT2D eigenvalue weighted by atomic mass is 9.97. The summed E-state index contributed by atoms with van der Waals surface area (Å²) in [6, 6.07) is 5.17. The van der Waals surface area contributed by atoms with E-state index in [1.165, 1.54) is 14.2 Å². The number of esters is 1. The van der Waals surface area contributed by atoms with E-state index >= 15 is 0 Å². The van der Waals surface area contributed by atoms with Gasteiger partial charge in [0, 0.05) is 5.56 Å².